The molecule has 0 spiro atoms. The van der Waals surface area contributed by atoms with Gasteiger partial charge in [-0.15, -0.1) is 0 Å². The summed E-state index contributed by atoms with van der Waals surface area (Å²) in [6.45, 7) is 12.8. The largest absolute Gasteiger partial charge is 0.462 e. The zero-order valence-electron chi connectivity index (χ0n) is 26.0. The van der Waals surface area contributed by atoms with Crippen molar-refractivity contribution in [1.82, 2.24) is 19.8 Å². The van der Waals surface area contributed by atoms with Crippen LogP contribution in [0.4, 0.5) is 11.5 Å². The van der Waals surface area contributed by atoms with Crippen molar-refractivity contribution >= 4 is 39.8 Å². The first-order valence-corrected chi connectivity index (χ1v) is 16.0. The second-order valence-corrected chi connectivity index (χ2v) is 12.4. The molecule has 0 saturated carbocycles. The summed E-state index contributed by atoms with van der Waals surface area (Å²) in [6.07, 6.45) is 6.27. The number of anilines is 2. The van der Waals surface area contributed by atoms with Crippen LogP contribution in [0.2, 0.25) is 5.02 Å². The minimum Gasteiger partial charge on any atom is -0.462 e. The number of carbonyl (C=O) groups is 1. The molecule has 2 unspecified atom stereocenters. The average Bonchev–Trinajstić information content (AvgIpc) is 3.47. The fourth-order valence-electron chi connectivity index (χ4n) is 6.76. The number of methoxy groups -OCH3 is 1. The number of fused-ring (bicyclic) bond motifs is 2. The SMILES string of the molecule is [C-]#[N+]CC1CN(c2nc(OCC3CCCN3C)nc3c2CCN(c2cccc4cccc(Cl)c24)C3)CCN1C(=O)C=CCOC. The van der Waals surface area contributed by atoms with Crippen LogP contribution in [0.1, 0.15) is 24.1 Å². The van der Waals surface area contributed by atoms with Crippen molar-refractivity contribution in [2.24, 2.45) is 0 Å². The highest BCUT2D eigenvalue weighted by Crippen LogP contribution is 2.37. The van der Waals surface area contributed by atoms with Crippen molar-refractivity contribution in [2.75, 3.05) is 76.4 Å². The van der Waals surface area contributed by atoms with Crippen LogP contribution in [0.25, 0.3) is 15.6 Å². The Balaban J connectivity index is 1.31. The van der Waals surface area contributed by atoms with Gasteiger partial charge in [0.1, 0.15) is 18.5 Å². The number of carbonyl (C=O) groups excluding carboxylic acids is 1. The molecule has 10 nitrogen and oxygen atoms in total. The molecule has 1 amide bonds. The highest BCUT2D eigenvalue weighted by Gasteiger charge is 2.35. The lowest BCUT2D eigenvalue weighted by Crippen LogP contribution is -2.56. The molecule has 3 aliphatic heterocycles. The molecule has 2 saturated heterocycles. The molecule has 0 N–H and O–H groups in total. The molecule has 4 heterocycles. The number of aromatic nitrogens is 2. The first-order valence-electron chi connectivity index (χ1n) is 15.7. The van der Waals surface area contributed by atoms with Gasteiger partial charge in [0.15, 0.2) is 0 Å². The molecular weight excluding hydrogens is 590 g/mol. The highest BCUT2D eigenvalue weighted by atomic mass is 35.5. The number of hydrogen-bond acceptors (Lipinski definition) is 8. The Labute approximate surface area is 270 Å². The maximum Gasteiger partial charge on any atom is 0.318 e. The number of benzene rings is 2. The number of ether oxygens (including phenoxy) is 2. The minimum absolute atomic E-state index is 0.0980. The number of nitrogens with zero attached hydrogens (tertiary/aromatic N) is 7. The molecule has 2 atom stereocenters. The molecule has 3 aromatic rings. The number of rotatable bonds is 9. The van der Waals surface area contributed by atoms with Gasteiger partial charge in [0.25, 0.3) is 0 Å². The lowest BCUT2D eigenvalue weighted by molar-refractivity contribution is -0.128. The van der Waals surface area contributed by atoms with Gasteiger partial charge in [-0.25, -0.2) is 6.57 Å². The first kappa shape index (κ1) is 31.1. The minimum atomic E-state index is -0.254. The molecule has 6 rings (SSSR count). The molecular formula is C34H40ClN7O3. The summed E-state index contributed by atoms with van der Waals surface area (Å²) in [5.41, 5.74) is 3.13. The molecule has 11 heteroatoms. The van der Waals surface area contributed by atoms with Crippen LogP contribution in [0, 0.1) is 6.57 Å². The van der Waals surface area contributed by atoms with E-state index in [2.05, 4.69) is 50.9 Å². The Kier molecular flexibility index (Phi) is 9.69. The third-order valence-corrected chi connectivity index (χ3v) is 9.48. The summed E-state index contributed by atoms with van der Waals surface area (Å²) in [4.78, 5) is 35.4. The van der Waals surface area contributed by atoms with E-state index in [0.29, 0.717) is 51.4 Å². The number of likely N-dealkylation sites (tertiary alicyclic amines) is 1. The van der Waals surface area contributed by atoms with E-state index >= 15 is 0 Å². The van der Waals surface area contributed by atoms with Crippen molar-refractivity contribution < 1.29 is 14.3 Å². The van der Waals surface area contributed by atoms with E-state index in [1.54, 1.807) is 24.2 Å². The summed E-state index contributed by atoms with van der Waals surface area (Å²) >= 11 is 6.72. The average molecular weight is 630 g/mol. The van der Waals surface area contributed by atoms with Gasteiger partial charge in [0.05, 0.1) is 23.9 Å². The summed E-state index contributed by atoms with van der Waals surface area (Å²) in [6, 6.07) is 12.8. The molecule has 236 valence electrons. The smallest absolute Gasteiger partial charge is 0.318 e. The molecule has 2 fully saturated rings. The predicted octanol–water partition coefficient (Wildman–Crippen LogP) is 4.46. The van der Waals surface area contributed by atoms with E-state index in [9.17, 15) is 4.79 Å². The second-order valence-electron chi connectivity index (χ2n) is 12.0. The van der Waals surface area contributed by atoms with E-state index in [-0.39, 0.29) is 18.5 Å². The summed E-state index contributed by atoms with van der Waals surface area (Å²) in [5, 5.41) is 2.88. The maximum atomic E-state index is 13.0. The van der Waals surface area contributed by atoms with Crippen LogP contribution in [-0.2, 0) is 22.5 Å². The number of amides is 1. The van der Waals surface area contributed by atoms with Gasteiger partial charge in [-0.1, -0.05) is 41.9 Å². The van der Waals surface area contributed by atoms with Crippen LogP contribution < -0.4 is 14.5 Å². The van der Waals surface area contributed by atoms with E-state index < -0.39 is 0 Å². The van der Waals surface area contributed by atoms with Crippen LogP contribution in [-0.4, -0.2) is 104 Å². The summed E-state index contributed by atoms with van der Waals surface area (Å²) in [7, 11) is 3.73. The fourth-order valence-corrected chi connectivity index (χ4v) is 7.04. The van der Waals surface area contributed by atoms with Gasteiger partial charge in [0.2, 0.25) is 12.5 Å². The van der Waals surface area contributed by atoms with Gasteiger partial charge in [0, 0.05) is 62.0 Å². The van der Waals surface area contributed by atoms with E-state index in [0.717, 1.165) is 70.9 Å². The third-order valence-electron chi connectivity index (χ3n) is 9.16. The zero-order valence-corrected chi connectivity index (χ0v) is 26.7. The standard InChI is InChI=1S/C34H40ClN7O3/c1-36-20-26-21-41(17-18-42(26)31(43)13-7-19-44-3)33-27-14-16-40(30-12-5-9-24-8-4-11-28(35)32(24)30)22-29(27)37-34(38-33)45-23-25-10-6-15-39(25)2/h4-5,7-9,11-13,25-26H,6,10,14-23H2,2-3H3. The zero-order chi connectivity index (χ0) is 31.3. The van der Waals surface area contributed by atoms with Crippen LogP contribution in [0.15, 0.2) is 48.6 Å². The molecule has 45 heavy (non-hydrogen) atoms. The van der Waals surface area contributed by atoms with Crippen molar-refractivity contribution in [3.05, 3.63) is 76.2 Å². The Morgan fingerprint density at radius 2 is 1.96 bits per heavy atom. The molecule has 0 aliphatic carbocycles. The monoisotopic (exact) mass is 629 g/mol. The quantitative estimate of drug-likeness (QED) is 0.254. The fraction of sp³-hybridized carbons (Fsp3) is 0.471. The Morgan fingerprint density at radius 3 is 2.73 bits per heavy atom. The van der Waals surface area contributed by atoms with Crippen LogP contribution >= 0.6 is 11.6 Å². The first-order chi connectivity index (χ1) is 22.0. The topological polar surface area (TPSA) is 78.6 Å². The maximum absolute atomic E-state index is 13.0. The normalized spacial score (nSPS) is 20.5. The Morgan fingerprint density at radius 1 is 1.11 bits per heavy atom. The molecule has 0 radical (unpaired) electrons. The van der Waals surface area contributed by atoms with E-state index in [1.807, 2.05) is 12.1 Å². The lowest BCUT2D eigenvalue weighted by Gasteiger charge is -2.41. The Hall–Kier alpha value is -3.91. The summed E-state index contributed by atoms with van der Waals surface area (Å²) in [5.74, 6) is 0.751. The predicted molar refractivity (Wildman–Crippen MR) is 177 cm³/mol. The van der Waals surface area contributed by atoms with E-state index in [4.69, 9.17) is 37.6 Å². The number of halogens is 1. The van der Waals surface area contributed by atoms with Crippen LogP contribution in [0.5, 0.6) is 6.01 Å². The highest BCUT2D eigenvalue weighted by molar-refractivity contribution is 6.36. The third kappa shape index (κ3) is 6.71. The lowest BCUT2D eigenvalue weighted by atomic mass is 10.0. The second kappa shape index (κ2) is 14.0. The van der Waals surface area contributed by atoms with Crippen LogP contribution in [0.3, 0.4) is 0 Å². The Bertz CT molecular complexity index is 1600. The van der Waals surface area contributed by atoms with Gasteiger partial charge >= 0.3 is 6.01 Å². The van der Waals surface area contributed by atoms with Crippen molar-refractivity contribution in [3.8, 4) is 6.01 Å². The van der Waals surface area contributed by atoms with Crippen molar-refractivity contribution in [3.63, 3.8) is 0 Å². The van der Waals surface area contributed by atoms with Gasteiger partial charge in [-0.05, 0) is 50.4 Å². The molecule has 1 aromatic heterocycles. The molecule has 2 aromatic carbocycles. The van der Waals surface area contributed by atoms with Gasteiger partial charge < -0.3 is 33.9 Å². The number of likely N-dealkylation sites (N-methyl/N-ethyl adjacent to an activating group) is 1. The molecule has 0 bridgehead atoms. The van der Waals surface area contributed by atoms with Crippen molar-refractivity contribution in [2.45, 2.75) is 37.9 Å². The molecule has 3 aliphatic rings. The van der Waals surface area contributed by atoms with Gasteiger partial charge in [-0.3, -0.25) is 4.79 Å². The van der Waals surface area contributed by atoms with E-state index in [1.165, 1.54) is 0 Å². The summed E-state index contributed by atoms with van der Waals surface area (Å²) < 4.78 is 11.4. The number of hydrogen-bond donors (Lipinski definition) is 0. The van der Waals surface area contributed by atoms with Crippen molar-refractivity contribution in [1.29, 1.82) is 0 Å². The number of piperazine rings is 1. The van der Waals surface area contributed by atoms with Gasteiger partial charge in [-0.2, -0.15) is 9.97 Å².